The molecule has 0 saturated heterocycles. The van der Waals surface area contributed by atoms with Crippen LogP contribution in [0.3, 0.4) is 0 Å². The van der Waals surface area contributed by atoms with Gasteiger partial charge in [0, 0.05) is 27.8 Å². The van der Waals surface area contributed by atoms with Crippen LogP contribution in [0.2, 0.25) is 0 Å². The first-order valence-corrected chi connectivity index (χ1v) is 9.76. The largest absolute Gasteiger partial charge is 0.493 e. The number of methoxy groups -OCH3 is 1. The molecule has 0 atom stereocenters. The minimum Gasteiger partial charge on any atom is -0.493 e. The topological polar surface area (TPSA) is 96.9 Å². The number of carboxylic acids is 1. The molecule has 2 aromatic rings. The highest BCUT2D eigenvalue weighted by Gasteiger charge is 2.18. The number of carboxylic acid groups (broad SMARTS) is 1. The van der Waals surface area contributed by atoms with Crippen molar-refractivity contribution in [1.82, 2.24) is 5.32 Å². The van der Waals surface area contributed by atoms with Crippen molar-refractivity contribution in [3.8, 4) is 11.5 Å². The maximum atomic E-state index is 12.1. The van der Waals surface area contributed by atoms with Gasteiger partial charge in [-0.15, -0.1) is 0 Å². The van der Waals surface area contributed by atoms with Crippen LogP contribution in [0.1, 0.15) is 36.7 Å². The number of amides is 1. The lowest BCUT2D eigenvalue weighted by atomic mass is 10.1. The zero-order valence-corrected chi connectivity index (χ0v) is 18.4. The van der Waals surface area contributed by atoms with Gasteiger partial charge < -0.3 is 25.2 Å². The quantitative estimate of drug-likeness (QED) is 0.544. The molecule has 1 amide bonds. The Kier molecular flexibility index (Phi) is 7.50. The predicted octanol–water partition coefficient (Wildman–Crippen LogP) is 4.06. The van der Waals surface area contributed by atoms with E-state index in [1.165, 1.54) is 19.2 Å². The van der Waals surface area contributed by atoms with Crippen LogP contribution in [0.25, 0.3) is 0 Å². The number of nitrogens with one attached hydrogen (secondary N) is 2. The number of carbonyl (C=O) groups is 2. The molecular weight excluding hydrogens is 440 g/mol. The zero-order chi connectivity index (χ0) is 21.6. The fourth-order valence-corrected chi connectivity index (χ4v) is 3.03. The molecule has 0 fully saturated rings. The number of hydrogen-bond donors (Lipinski definition) is 3. The molecule has 0 aliphatic heterocycles. The van der Waals surface area contributed by atoms with Gasteiger partial charge in [-0.25, -0.2) is 4.79 Å². The van der Waals surface area contributed by atoms with Gasteiger partial charge in [0.05, 0.1) is 12.7 Å². The normalized spacial score (nSPS) is 10.9. The summed E-state index contributed by atoms with van der Waals surface area (Å²) in [5, 5.41) is 15.1. The minimum atomic E-state index is -0.976. The third-order valence-electron chi connectivity index (χ3n) is 3.85. The summed E-state index contributed by atoms with van der Waals surface area (Å²) >= 11 is 3.52. The van der Waals surface area contributed by atoms with Crippen molar-refractivity contribution >= 4 is 33.5 Å². The van der Waals surface area contributed by atoms with Crippen LogP contribution >= 0.6 is 15.9 Å². The summed E-state index contributed by atoms with van der Waals surface area (Å²) in [7, 11) is 1.53. The number of benzene rings is 2. The van der Waals surface area contributed by atoms with Crippen molar-refractivity contribution in [3.05, 3.63) is 52.0 Å². The van der Waals surface area contributed by atoms with Gasteiger partial charge in [0.15, 0.2) is 18.1 Å². The third kappa shape index (κ3) is 6.67. The van der Waals surface area contributed by atoms with Crippen molar-refractivity contribution in [2.24, 2.45) is 0 Å². The summed E-state index contributed by atoms with van der Waals surface area (Å²) in [6, 6.07) is 10.0. The summed E-state index contributed by atoms with van der Waals surface area (Å²) in [6.07, 6.45) is 0. The van der Waals surface area contributed by atoms with Gasteiger partial charge in [-0.2, -0.15) is 0 Å². The number of rotatable bonds is 8. The second-order valence-corrected chi connectivity index (χ2v) is 8.23. The van der Waals surface area contributed by atoms with Gasteiger partial charge in [0.2, 0.25) is 0 Å². The van der Waals surface area contributed by atoms with Gasteiger partial charge >= 0.3 is 5.97 Å². The molecule has 0 heterocycles. The van der Waals surface area contributed by atoms with Crippen LogP contribution in [-0.4, -0.2) is 36.2 Å². The predicted molar refractivity (Wildman–Crippen MR) is 115 cm³/mol. The van der Waals surface area contributed by atoms with Crippen molar-refractivity contribution in [2.75, 3.05) is 19.0 Å². The van der Waals surface area contributed by atoms with Crippen molar-refractivity contribution in [2.45, 2.75) is 32.9 Å². The number of carbonyl (C=O) groups excluding carboxylic acids is 1. The standard InChI is InChI=1S/C21H25BrN2O5/c1-21(2,3)24-18(25)12-29-19-15(16(22)9-10-17(19)28-4)11-23-14-7-5-13(6-8-14)20(26)27/h5-10,23H,11-12H2,1-4H3,(H,24,25)(H,26,27). The Balaban J connectivity index is 2.17. The summed E-state index contributed by atoms with van der Waals surface area (Å²) in [4.78, 5) is 23.1. The Morgan fingerprint density at radius 1 is 1.10 bits per heavy atom. The van der Waals surface area contributed by atoms with E-state index in [4.69, 9.17) is 14.6 Å². The Hall–Kier alpha value is -2.74. The molecule has 0 bridgehead atoms. The van der Waals surface area contributed by atoms with Crippen molar-refractivity contribution in [1.29, 1.82) is 0 Å². The average Bonchev–Trinajstić information content (AvgIpc) is 2.64. The van der Waals surface area contributed by atoms with Crippen LogP contribution in [0.15, 0.2) is 40.9 Å². The fraction of sp³-hybridized carbons (Fsp3) is 0.333. The van der Waals surface area contributed by atoms with Gasteiger partial charge in [-0.05, 0) is 57.2 Å². The Morgan fingerprint density at radius 2 is 1.76 bits per heavy atom. The maximum absolute atomic E-state index is 12.1. The second kappa shape index (κ2) is 9.65. The molecule has 0 spiro atoms. The number of anilines is 1. The molecule has 0 saturated carbocycles. The molecule has 0 radical (unpaired) electrons. The van der Waals surface area contributed by atoms with E-state index in [2.05, 4.69) is 26.6 Å². The maximum Gasteiger partial charge on any atom is 0.335 e. The molecule has 3 N–H and O–H groups in total. The van der Waals surface area contributed by atoms with Gasteiger partial charge in [0.1, 0.15) is 0 Å². The molecule has 2 aromatic carbocycles. The molecule has 0 unspecified atom stereocenters. The van der Waals surface area contributed by atoms with E-state index < -0.39 is 5.97 Å². The lowest BCUT2D eigenvalue weighted by Gasteiger charge is -2.22. The molecule has 156 valence electrons. The van der Waals surface area contributed by atoms with Crippen LogP contribution < -0.4 is 20.1 Å². The van der Waals surface area contributed by atoms with E-state index in [1.54, 1.807) is 18.2 Å². The smallest absolute Gasteiger partial charge is 0.335 e. The summed E-state index contributed by atoms with van der Waals surface area (Å²) < 4.78 is 12.0. The molecule has 8 heteroatoms. The van der Waals surface area contributed by atoms with Gasteiger partial charge in [-0.3, -0.25) is 4.79 Å². The van der Waals surface area contributed by atoms with E-state index in [-0.39, 0.29) is 23.6 Å². The summed E-state index contributed by atoms with van der Waals surface area (Å²) in [5.74, 6) is -0.241. The van der Waals surface area contributed by atoms with Crippen LogP contribution in [0, 0.1) is 0 Å². The zero-order valence-electron chi connectivity index (χ0n) is 16.8. The van der Waals surface area contributed by atoms with Crippen LogP contribution in [0.4, 0.5) is 5.69 Å². The van der Waals surface area contributed by atoms with E-state index in [9.17, 15) is 9.59 Å². The minimum absolute atomic E-state index is 0.148. The summed E-state index contributed by atoms with van der Waals surface area (Å²) in [6.45, 7) is 5.92. The molecule has 2 rings (SSSR count). The first-order valence-electron chi connectivity index (χ1n) is 8.97. The van der Waals surface area contributed by atoms with Crippen molar-refractivity contribution < 1.29 is 24.2 Å². The average molecular weight is 465 g/mol. The highest BCUT2D eigenvalue weighted by molar-refractivity contribution is 9.10. The summed E-state index contributed by atoms with van der Waals surface area (Å²) in [5.41, 5.74) is 1.39. The highest BCUT2D eigenvalue weighted by atomic mass is 79.9. The molecular formula is C21H25BrN2O5. The van der Waals surface area contributed by atoms with Crippen molar-refractivity contribution in [3.63, 3.8) is 0 Å². The third-order valence-corrected chi connectivity index (χ3v) is 4.59. The van der Waals surface area contributed by atoms with E-state index in [0.29, 0.717) is 18.0 Å². The second-order valence-electron chi connectivity index (χ2n) is 7.38. The van der Waals surface area contributed by atoms with E-state index in [0.717, 1.165) is 15.7 Å². The number of hydrogen-bond acceptors (Lipinski definition) is 5. The monoisotopic (exact) mass is 464 g/mol. The van der Waals surface area contributed by atoms with Crippen LogP contribution in [-0.2, 0) is 11.3 Å². The lowest BCUT2D eigenvalue weighted by molar-refractivity contribution is -0.124. The lowest BCUT2D eigenvalue weighted by Crippen LogP contribution is -2.43. The molecule has 0 aliphatic rings. The fourth-order valence-electron chi connectivity index (χ4n) is 2.58. The first-order chi connectivity index (χ1) is 13.6. The number of halogens is 1. The molecule has 0 aromatic heterocycles. The van der Waals surface area contributed by atoms with Crippen LogP contribution in [0.5, 0.6) is 11.5 Å². The Labute approximate surface area is 178 Å². The Bertz CT molecular complexity index is 876. The number of ether oxygens (including phenoxy) is 2. The first kappa shape index (κ1) is 22.5. The highest BCUT2D eigenvalue weighted by Crippen LogP contribution is 2.36. The molecule has 0 aliphatic carbocycles. The molecule has 29 heavy (non-hydrogen) atoms. The van der Waals surface area contributed by atoms with Gasteiger partial charge in [0.25, 0.3) is 5.91 Å². The van der Waals surface area contributed by atoms with Gasteiger partial charge in [-0.1, -0.05) is 15.9 Å². The molecule has 7 nitrogen and oxygen atoms in total. The number of aromatic carboxylic acids is 1. The Morgan fingerprint density at radius 3 is 2.31 bits per heavy atom. The van der Waals surface area contributed by atoms with E-state index in [1.807, 2.05) is 26.8 Å². The van der Waals surface area contributed by atoms with E-state index >= 15 is 0 Å². The SMILES string of the molecule is COc1ccc(Br)c(CNc2ccc(C(=O)O)cc2)c1OCC(=O)NC(C)(C)C.